The molecule has 2 rings (SSSR count). The molecule has 0 saturated heterocycles. The highest BCUT2D eigenvalue weighted by atomic mass is 19.1. The molecule has 0 spiro atoms. The zero-order valence-corrected chi connectivity index (χ0v) is 13.9. The number of amides is 2. The van der Waals surface area contributed by atoms with Gasteiger partial charge in [-0.25, -0.2) is 19.3 Å². The minimum atomic E-state index is -0.866. The summed E-state index contributed by atoms with van der Waals surface area (Å²) in [6.07, 6.45) is 1.05. The molecular weight excluding hydrogens is 348 g/mol. The molecule has 7 nitrogen and oxygen atoms in total. The van der Waals surface area contributed by atoms with Crippen LogP contribution in [0.5, 0.6) is 5.75 Å². The Kier molecular flexibility index (Phi) is 5.97. The Balaban J connectivity index is 2.17. The van der Waals surface area contributed by atoms with Crippen LogP contribution in [0, 0.1) is 11.6 Å². The minimum absolute atomic E-state index is 0.00524. The third-order valence-corrected chi connectivity index (χ3v) is 3.43. The Morgan fingerprint density at radius 1 is 1.19 bits per heavy atom. The maximum Gasteiger partial charge on any atom is 0.276 e. The lowest BCUT2D eigenvalue weighted by Gasteiger charge is -2.12. The van der Waals surface area contributed by atoms with Crippen molar-refractivity contribution >= 4 is 18.0 Å². The summed E-state index contributed by atoms with van der Waals surface area (Å²) in [6, 6.07) is 7.16. The second-order valence-corrected chi connectivity index (χ2v) is 5.10. The van der Waals surface area contributed by atoms with Crippen molar-refractivity contribution in [3.05, 3.63) is 64.7 Å². The summed E-state index contributed by atoms with van der Waals surface area (Å²) in [5.74, 6) is -2.90. The van der Waals surface area contributed by atoms with Crippen LogP contribution in [-0.4, -0.2) is 42.4 Å². The van der Waals surface area contributed by atoms with Gasteiger partial charge in [0.25, 0.3) is 11.8 Å². The van der Waals surface area contributed by atoms with Crippen molar-refractivity contribution < 1.29 is 28.3 Å². The second kappa shape index (κ2) is 8.17. The highest BCUT2D eigenvalue weighted by Gasteiger charge is 2.16. The van der Waals surface area contributed by atoms with Crippen LogP contribution in [0.2, 0.25) is 0 Å². The first kappa shape index (κ1) is 19.0. The first-order valence-corrected chi connectivity index (χ1v) is 7.27. The normalized spacial score (nSPS) is 10.7. The van der Waals surface area contributed by atoms with Gasteiger partial charge in [-0.05, 0) is 30.3 Å². The van der Waals surface area contributed by atoms with E-state index in [1.54, 1.807) is 0 Å². The smallest absolute Gasteiger partial charge is 0.276 e. The molecule has 0 fully saturated rings. The molecule has 0 atom stereocenters. The molecule has 0 aliphatic carbocycles. The maximum atomic E-state index is 13.9. The summed E-state index contributed by atoms with van der Waals surface area (Å²) < 4.78 is 32.7. The number of hydrogen-bond acceptors (Lipinski definition) is 5. The fourth-order valence-corrected chi connectivity index (χ4v) is 2.01. The van der Waals surface area contributed by atoms with E-state index in [4.69, 9.17) is 9.94 Å². The third kappa shape index (κ3) is 4.19. The number of hydrogen-bond donors (Lipinski definition) is 2. The van der Waals surface area contributed by atoms with Gasteiger partial charge in [-0.1, -0.05) is 0 Å². The summed E-state index contributed by atoms with van der Waals surface area (Å²) in [4.78, 5) is 23.4. The zero-order valence-electron chi connectivity index (χ0n) is 13.9. The molecule has 136 valence electrons. The molecule has 0 saturated carbocycles. The monoisotopic (exact) mass is 363 g/mol. The molecule has 0 radical (unpaired) electrons. The number of nitrogens with one attached hydrogen (secondary N) is 1. The van der Waals surface area contributed by atoms with Crippen molar-refractivity contribution in [2.45, 2.75) is 0 Å². The number of nitrogens with zero attached hydrogens (tertiary/aromatic N) is 2. The van der Waals surface area contributed by atoms with E-state index in [9.17, 15) is 18.4 Å². The fraction of sp³-hybridized carbons (Fsp3) is 0.118. The minimum Gasteiger partial charge on any atom is -0.497 e. The van der Waals surface area contributed by atoms with Gasteiger partial charge in [0, 0.05) is 24.2 Å². The third-order valence-electron chi connectivity index (χ3n) is 3.43. The predicted octanol–water partition coefficient (Wildman–Crippen LogP) is 2.20. The quantitative estimate of drug-likeness (QED) is 0.484. The van der Waals surface area contributed by atoms with E-state index in [0.29, 0.717) is 0 Å². The van der Waals surface area contributed by atoms with Crippen LogP contribution in [0.4, 0.5) is 8.78 Å². The van der Waals surface area contributed by atoms with Gasteiger partial charge >= 0.3 is 0 Å². The topological polar surface area (TPSA) is 91.2 Å². The van der Waals surface area contributed by atoms with Crippen LogP contribution >= 0.6 is 0 Å². The Bertz CT molecular complexity index is 871. The van der Waals surface area contributed by atoms with Crippen molar-refractivity contribution in [3.63, 3.8) is 0 Å². The molecule has 0 unspecified atom stereocenters. The SMILES string of the molecule is COc1ccc(C(=O)N(C)N=Cc2ccc(C(=O)NO)cc2F)c(F)c1. The van der Waals surface area contributed by atoms with Crippen molar-refractivity contribution in [2.24, 2.45) is 5.10 Å². The number of carbonyl (C=O) groups excluding carboxylic acids is 2. The largest absolute Gasteiger partial charge is 0.497 e. The van der Waals surface area contributed by atoms with Gasteiger partial charge in [0.1, 0.15) is 17.4 Å². The van der Waals surface area contributed by atoms with Crippen molar-refractivity contribution in [1.82, 2.24) is 10.5 Å². The molecule has 2 aromatic rings. The molecule has 2 amide bonds. The lowest BCUT2D eigenvalue weighted by molar-refractivity contribution is 0.0705. The van der Waals surface area contributed by atoms with Crippen LogP contribution in [0.1, 0.15) is 26.3 Å². The van der Waals surface area contributed by atoms with Crippen LogP contribution < -0.4 is 10.2 Å². The molecular formula is C17H15F2N3O4. The van der Waals surface area contributed by atoms with Crippen LogP contribution in [-0.2, 0) is 0 Å². The summed E-state index contributed by atoms with van der Waals surface area (Å²) in [6.45, 7) is 0. The number of hydroxylamine groups is 1. The van der Waals surface area contributed by atoms with Crippen molar-refractivity contribution in [1.29, 1.82) is 0 Å². The zero-order chi connectivity index (χ0) is 19.3. The summed E-state index contributed by atoms with van der Waals surface area (Å²) in [5.41, 5.74) is 1.07. The standard InChI is InChI=1S/C17H15F2N3O4/c1-22(17(24)13-6-5-12(26-2)8-15(13)19)20-9-11-4-3-10(7-14(11)18)16(23)21-25/h3-9,25H,1-2H3,(H,21,23). The first-order chi connectivity index (χ1) is 12.4. The van der Waals surface area contributed by atoms with E-state index in [0.717, 1.165) is 23.4 Å². The molecule has 0 aliphatic heterocycles. The number of carbonyl (C=O) groups is 2. The molecule has 2 N–H and O–H groups in total. The van der Waals surface area contributed by atoms with Gasteiger partial charge < -0.3 is 4.74 Å². The fourth-order valence-electron chi connectivity index (χ4n) is 2.01. The molecule has 26 heavy (non-hydrogen) atoms. The van der Waals surface area contributed by atoms with Crippen LogP contribution in [0.25, 0.3) is 0 Å². The number of hydrazone groups is 1. The van der Waals surface area contributed by atoms with E-state index < -0.39 is 23.4 Å². The van der Waals surface area contributed by atoms with Gasteiger partial charge in [0.05, 0.1) is 18.9 Å². The highest BCUT2D eigenvalue weighted by Crippen LogP contribution is 2.17. The first-order valence-electron chi connectivity index (χ1n) is 7.27. The Labute approximate surface area is 147 Å². The number of ether oxygens (including phenoxy) is 1. The average Bonchev–Trinajstić information content (AvgIpc) is 2.65. The average molecular weight is 363 g/mol. The summed E-state index contributed by atoms with van der Waals surface area (Å²) in [7, 11) is 2.66. The van der Waals surface area contributed by atoms with Gasteiger partial charge in [0.15, 0.2) is 0 Å². The predicted molar refractivity (Wildman–Crippen MR) is 88.3 cm³/mol. The van der Waals surface area contributed by atoms with E-state index in [1.165, 1.54) is 43.9 Å². The molecule has 0 aromatic heterocycles. The number of halogens is 2. The van der Waals surface area contributed by atoms with Crippen LogP contribution in [0.3, 0.4) is 0 Å². The summed E-state index contributed by atoms with van der Waals surface area (Å²) >= 11 is 0. The highest BCUT2D eigenvalue weighted by molar-refractivity contribution is 5.96. The summed E-state index contributed by atoms with van der Waals surface area (Å²) in [5, 5.41) is 13.1. The second-order valence-electron chi connectivity index (χ2n) is 5.10. The number of methoxy groups -OCH3 is 1. The Morgan fingerprint density at radius 3 is 2.50 bits per heavy atom. The molecule has 0 aliphatic rings. The van der Waals surface area contributed by atoms with Gasteiger partial charge in [0.2, 0.25) is 0 Å². The Hall–Kier alpha value is -3.33. The maximum absolute atomic E-state index is 13.9. The van der Waals surface area contributed by atoms with E-state index in [2.05, 4.69) is 5.10 Å². The Morgan fingerprint density at radius 2 is 1.92 bits per heavy atom. The molecule has 2 aromatic carbocycles. The molecule has 0 heterocycles. The van der Waals surface area contributed by atoms with Crippen LogP contribution in [0.15, 0.2) is 41.5 Å². The lowest BCUT2D eigenvalue weighted by Crippen LogP contribution is -2.22. The van der Waals surface area contributed by atoms with E-state index in [-0.39, 0.29) is 22.4 Å². The number of rotatable bonds is 5. The van der Waals surface area contributed by atoms with E-state index in [1.807, 2.05) is 0 Å². The van der Waals surface area contributed by atoms with Crippen molar-refractivity contribution in [2.75, 3.05) is 14.2 Å². The lowest BCUT2D eigenvalue weighted by atomic mass is 10.1. The van der Waals surface area contributed by atoms with Gasteiger partial charge in [-0.15, -0.1) is 0 Å². The van der Waals surface area contributed by atoms with Gasteiger partial charge in [-0.2, -0.15) is 5.10 Å². The van der Waals surface area contributed by atoms with E-state index >= 15 is 0 Å². The number of benzene rings is 2. The van der Waals surface area contributed by atoms with Gasteiger partial charge in [-0.3, -0.25) is 14.8 Å². The van der Waals surface area contributed by atoms with Crippen molar-refractivity contribution in [3.8, 4) is 5.75 Å². The molecule has 9 heteroatoms. The molecule has 0 bridgehead atoms.